The van der Waals surface area contributed by atoms with Crippen molar-refractivity contribution < 1.29 is 19.1 Å². The van der Waals surface area contributed by atoms with Crippen LogP contribution in [-0.4, -0.2) is 47.3 Å². The quantitative estimate of drug-likeness (QED) is 0.765. The summed E-state index contributed by atoms with van der Waals surface area (Å²) in [4.78, 5) is 42.8. The van der Waals surface area contributed by atoms with Gasteiger partial charge in [-0.15, -0.1) is 0 Å². The van der Waals surface area contributed by atoms with Crippen LogP contribution in [0.2, 0.25) is 0 Å². The number of nitrogens with zero attached hydrogens (tertiary/aromatic N) is 2. The summed E-state index contributed by atoms with van der Waals surface area (Å²) in [5.74, 6) is -1.05. The minimum Gasteiger partial charge on any atom is -0.480 e. The SMILES string of the molecule is COc1ncc(NC(=O)C(=O)N2C[C@H](C)CC[C@H]2C2CCCC2)cc1C(N)=O. The Hall–Kier alpha value is -2.64. The van der Waals surface area contributed by atoms with E-state index in [9.17, 15) is 14.4 Å². The number of ether oxygens (including phenoxy) is 1. The van der Waals surface area contributed by atoms with Crippen molar-refractivity contribution in [2.75, 3.05) is 19.0 Å². The Morgan fingerprint density at radius 3 is 2.57 bits per heavy atom. The molecule has 0 spiro atoms. The molecule has 0 radical (unpaired) electrons. The van der Waals surface area contributed by atoms with Gasteiger partial charge in [-0.25, -0.2) is 4.98 Å². The highest BCUT2D eigenvalue weighted by molar-refractivity contribution is 6.39. The first-order chi connectivity index (χ1) is 13.4. The third-order valence-electron chi connectivity index (χ3n) is 5.83. The molecule has 8 nitrogen and oxygen atoms in total. The van der Waals surface area contributed by atoms with Gasteiger partial charge in [0.1, 0.15) is 5.56 Å². The molecule has 1 aliphatic heterocycles. The number of aromatic nitrogens is 1. The molecule has 2 fully saturated rings. The first kappa shape index (κ1) is 20.1. The molecule has 1 aliphatic carbocycles. The van der Waals surface area contributed by atoms with Crippen molar-refractivity contribution in [1.29, 1.82) is 0 Å². The first-order valence-corrected chi connectivity index (χ1v) is 9.86. The summed E-state index contributed by atoms with van der Waals surface area (Å²) in [5.41, 5.74) is 5.60. The van der Waals surface area contributed by atoms with Gasteiger partial charge in [0.2, 0.25) is 5.88 Å². The van der Waals surface area contributed by atoms with E-state index < -0.39 is 17.7 Å². The number of methoxy groups -OCH3 is 1. The van der Waals surface area contributed by atoms with Crippen molar-refractivity contribution in [1.82, 2.24) is 9.88 Å². The molecule has 3 amide bonds. The van der Waals surface area contributed by atoms with E-state index in [1.807, 2.05) is 0 Å². The Kier molecular flexibility index (Phi) is 6.16. The number of likely N-dealkylation sites (tertiary alicyclic amines) is 1. The van der Waals surface area contributed by atoms with E-state index in [1.165, 1.54) is 32.2 Å². The van der Waals surface area contributed by atoms with Crippen LogP contribution in [-0.2, 0) is 9.59 Å². The van der Waals surface area contributed by atoms with Gasteiger partial charge in [0, 0.05) is 12.6 Å². The topological polar surface area (TPSA) is 115 Å². The number of primary amides is 1. The Bertz CT molecular complexity index is 761. The monoisotopic (exact) mass is 388 g/mol. The number of pyridine rings is 1. The predicted molar refractivity (Wildman–Crippen MR) is 104 cm³/mol. The summed E-state index contributed by atoms with van der Waals surface area (Å²) in [6.07, 6.45) is 7.99. The second kappa shape index (κ2) is 8.58. The number of rotatable bonds is 4. The molecule has 152 valence electrons. The average Bonchev–Trinajstić information content (AvgIpc) is 3.21. The van der Waals surface area contributed by atoms with E-state index in [0.717, 1.165) is 25.7 Å². The highest BCUT2D eigenvalue weighted by Crippen LogP contribution is 2.36. The normalized spacial score (nSPS) is 22.7. The van der Waals surface area contributed by atoms with Gasteiger partial charge in [0.25, 0.3) is 5.91 Å². The van der Waals surface area contributed by atoms with E-state index in [-0.39, 0.29) is 23.2 Å². The average molecular weight is 388 g/mol. The van der Waals surface area contributed by atoms with Gasteiger partial charge >= 0.3 is 11.8 Å². The van der Waals surface area contributed by atoms with Crippen LogP contribution in [0.1, 0.15) is 55.8 Å². The fourth-order valence-electron chi connectivity index (χ4n) is 4.41. The van der Waals surface area contributed by atoms with Crippen molar-refractivity contribution in [3.8, 4) is 5.88 Å². The number of nitrogens with two attached hydrogens (primary N) is 1. The van der Waals surface area contributed by atoms with Crippen LogP contribution in [0, 0.1) is 11.8 Å². The standard InChI is InChI=1S/C20H28N4O4/c1-12-7-8-16(13-5-3-4-6-13)24(11-12)20(27)18(26)23-14-9-15(17(21)25)19(28-2)22-10-14/h9-10,12-13,16H,3-8,11H2,1-2H3,(H2,21,25)(H,23,26)/t12-,16+/m1/s1. The van der Waals surface area contributed by atoms with Crippen molar-refractivity contribution in [2.24, 2.45) is 17.6 Å². The summed E-state index contributed by atoms with van der Waals surface area (Å²) in [6, 6.07) is 1.50. The molecule has 2 atom stereocenters. The zero-order valence-electron chi connectivity index (χ0n) is 16.4. The van der Waals surface area contributed by atoms with Crippen LogP contribution in [0.15, 0.2) is 12.3 Å². The van der Waals surface area contributed by atoms with E-state index in [4.69, 9.17) is 10.5 Å². The fourth-order valence-corrected chi connectivity index (χ4v) is 4.41. The molecule has 1 aromatic heterocycles. The lowest BCUT2D eigenvalue weighted by Gasteiger charge is -2.41. The van der Waals surface area contributed by atoms with Gasteiger partial charge in [-0.05, 0) is 43.6 Å². The number of hydrogen-bond donors (Lipinski definition) is 2. The van der Waals surface area contributed by atoms with Gasteiger partial charge in [-0.3, -0.25) is 14.4 Å². The molecule has 0 unspecified atom stereocenters. The van der Waals surface area contributed by atoms with Gasteiger partial charge < -0.3 is 20.7 Å². The maximum Gasteiger partial charge on any atom is 0.313 e. The lowest BCUT2D eigenvalue weighted by molar-refractivity contribution is -0.147. The van der Waals surface area contributed by atoms with E-state index in [1.54, 1.807) is 4.90 Å². The molecule has 0 aromatic carbocycles. The van der Waals surface area contributed by atoms with Gasteiger partial charge in [0.05, 0.1) is 19.0 Å². The molecule has 1 saturated heterocycles. The fraction of sp³-hybridized carbons (Fsp3) is 0.600. The zero-order valence-corrected chi connectivity index (χ0v) is 16.4. The molecule has 1 saturated carbocycles. The minimum atomic E-state index is -0.724. The van der Waals surface area contributed by atoms with Crippen molar-refractivity contribution in [2.45, 2.75) is 51.5 Å². The molecule has 2 aliphatic rings. The van der Waals surface area contributed by atoms with E-state index >= 15 is 0 Å². The Balaban J connectivity index is 1.74. The Labute approximate surface area is 164 Å². The molecule has 0 bridgehead atoms. The van der Waals surface area contributed by atoms with Crippen LogP contribution < -0.4 is 15.8 Å². The number of amides is 3. The van der Waals surface area contributed by atoms with Crippen LogP contribution in [0.3, 0.4) is 0 Å². The summed E-state index contributed by atoms with van der Waals surface area (Å²) < 4.78 is 4.99. The predicted octanol–water partition coefficient (Wildman–Crippen LogP) is 1.94. The number of carbonyl (C=O) groups is 3. The minimum absolute atomic E-state index is 0.0446. The number of hydrogen-bond acceptors (Lipinski definition) is 5. The molecular formula is C20H28N4O4. The molecular weight excluding hydrogens is 360 g/mol. The van der Waals surface area contributed by atoms with Crippen LogP contribution >= 0.6 is 0 Å². The highest BCUT2D eigenvalue weighted by atomic mass is 16.5. The van der Waals surface area contributed by atoms with Gasteiger partial charge in [0.15, 0.2) is 0 Å². The molecule has 3 N–H and O–H groups in total. The third-order valence-corrected chi connectivity index (χ3v) is 5.83. The maximum absolute atomic E-state index is 12.9. The van der Waals surface area contributed by atoms with Crippen LogP contribution in [0.5, 0.6) is 5.88 Å². The van der Waals surface area contributed by atoms with Gasteiger partial charge in [-0.1, -0.05) is 19.8 Å². The van der Waals surface area contributed by atoms with Crippen LogP contribution in [0.4, 0.5) is 5.69 Å². The molecule has 3 rings (SSSR count). The van der Waals surface area contributed by atoms with Crippen LogP contribution in [0.25, 0.3) is 0 Å². The van der Waals surface area contributed by atoms with Gasteiger partial charge in [-0.2, -0.15) is 0 Å². The lowest BCUT2D eigenvalue weighted by Crippen LogP contribution is -2.52. The number of carbonyl (C=O) groups excluding carboxylic acids is 3. The smallest absolute Gasteiger partial charge is 0.313 e. The summed E-state index contributed by atoms with van der Waals surface area (Å²) >= 11 is 0. The molecule has 1 aromatic rings. The molecule has 8 heteroatoms. The van der Waals surface area contributed by atoms with E-state index in [2.05, 4.69) is 17.2 Å². The third kappa shape index (κ3) is 4.26. The number of anilines is 1. The van der Waals surface area contributed by atoms with E-state index in [0.29, 0.717) is 18.4 Å². The first-order valence-electron chi connectivity index (χ1n) is 9.86. The second-order valence-corrected chi connectivity index (χ2v) is 7.85. The summed E-state index contributed by atoms with van der Waals surface area (Å²) in [6.45, 7) is 2.70. The highest BCUT2D eigenvalue weighted by Gasteiger charge is 2.38. The summed E-state index contributed by atoms with van der Waals surface area (Å²) in [7, 11) is 1.37. The maximum atomic E-state index is 12.9. The number of nitrogens with one attached hydrogen (secondary N) is 1. The largest absolute Gasteiger partial charge is 0.480 e. The molecule has 2 heterocycles. The van der Waals surface area contributed by atoms with Crippen molar-refractivity contribution >= 4 is 23.4 Å². The molecule has 28 heavy (non-hydrogen) atoms. The second-order valence-electron chi connectivity index (χ2n) is 7.85. The van der Waals surface area contributed by atoms with Crippen molar-refractivity contribution in [3.05, 3.63) is 17.8 Å². The van der Waals surface area contributed by atoms with Crippen molar-refractivity contribution in [3.63, 3.8) is 0 Å². The Morgan fingerprint density at radius 1 is 1.21 bits per heavy atom. The zero-order chi connectivity index (χ0) is 20.3. The summed E-state index contributed by atoms with van der Waals surface area (Å²) in [5, 5.41) is 2.56. The number of piperidine rings is 1. The lowest BCUT2D eigenvalue weighted by atomic mass is 9.85. The Morgan fingerprint density at radius 2 is 1.93 bits per heavy atom.